The number of rotatable bonds is 3. The second-order valence-electron chi connectivity index (χ2n) is 4.54. The van der Waals surface area contributed by atoms with Crippen molar-refractivity contribution in [2.45, 2.75) is 32.2 Å². The first-order valence-electron chi connectivity index (χ1n) is 5.73. The van der Waals surface area contributed by atoms with Gasteiger partial charge in [-0.1, -0.05) is 5.92 Å². The fourth-order valence-corrected chi connectivity index (χ4v) is 2.12. The largest absolute Gasteiger partial charge is 0.341 e. The molecule has 3 heteroatoms. The molecule has 0 bridgehead atoms. The second-order valence-corrected chi connectivity index (χ2v) is 4.54. The summed E-state index contributed by atoms with van der Waals surface area (Å²) in [5.41, 5.74) is 0. The van der Waals surface area contributed by atoms with E-state index in [2.05, 4.69) is 22.1 Å². The zero-order valence-electron chi connectivity index (χ0n) is 9.25. The lowest BCUT2D eigenvalue weighted by Crippen LogP contribution is -2.36. The van der Waals surface area contributed by atoms with E-state index in [1.165, 1.54) is 19.4 Å². The number of hydrogen-bond donors (Lipinski definition) is 1. The fourth-order valence-electron chi connectivity index (χ4n) is 2.12. The Kier molecular flexibility index (Phi) is 3.27. The number of carbonyl (C=O) groups excluding carboxylic acids is 1. The number of carbonyl (C=O) groups is 1. The second kappa shape index (κ2) is 4.67. The summed E-state index contributed by atoms with van der Waals surface area (Å²) < 4.78 is 0. The molecule has 15 heavy (non-hydrogen) atoms. The minimum Gasteiger partial charge on any atom is -0.341 e. The Morgan fingerprint density at radius 1 is 1.47 bits per heavy atom. The maximum Gasteiger partial charge on any atom is 0.296 e. The van der Waals surface area contributed by atoms with Crippen LogP contribution in [0.3, 0.4) is 0 Å². The van der Waals surface area contributed by atoms with Crippen LogP contribution in [0.25, 0.3) is 0 Å². The molecule has 3 nitrogen and oxygen atoms in total. The lowest BCUT2D eigenvalue weighted by Gasteiger charge is -2.15. The summed E-state index contributed by atoms with van der Waals surface area (Å²) in [4.78, 5) is 13.7. The molecule has 0 aromatic rings. The van der Waals surface area contributed by atoms with Crippen LogP contribution in [0.15, 0.2) is 0 Å². The zero-order valence-corrected chi connectivity index (χ0v) is 9.25. The maximum atomic E-state index is 11.2. The maximum absolute atomic E-state index is 11.2. The summed E-state index contributed by atoms with van der Waals surface area (Å²) in [6, 6.07) is 0.317. The van der Waals surface area contributed by atoms with Gasteiger partial charge in [-0.15, -0.1) is 0 Å². The highest BCUT2D eigenvalue weighted by molar-refractivity contribution is 5.93. The predicted molar refractivity (Wildman–Crippen MR) is 59.2 cm³/mol. The van der Waals surface area contributed by atoms with Crippen molar-refractivity contribution in [2.75, 3.05) is 19.6 Å². The van der Waals surface area contributed by atoms with E-state index >= 15 is 0 Å². The molecule has 1 unspecified atom stereocenters. The summed E-state index contributed by atoms with van der Waals surface area (Å²) in [7, 11) is 0. The van der Waals surface area contributed by atoms with Crippen molar-refractivity contribution in [1.82, 2.24) is 10.2 Å². The van der Waals surface area contributed by atoms with Gasteiger partial charge in [-0.25, -0.2) is 0 Å². The number of nitrogens with zero attached hydrogens (tertiary/aromatic N) is 1. The standard InChI is InChI=1S/C12H18N2O/c1-2-3-12(15)13-11-6-7-14(9-11)8-10-4-5-10/h10-11H,4-9H2,1H3,(H,13,15). The van der Waals surface area contributed by atoms with Gasteiger partial charge in [-0.05, 0) is 38.0 Å². The Balaban J connectivity index is 1.70. The third-order valence-electron chi connectivity index (χ3n) is 3.06. The zero-order chi connectivity index (χ0) is 10.7. The molecule has 1 aliphatic heterocycles. The van der Waals surface area contributed by atoms with E-state index in [1.807, 2.05) is 0 Å². The molecule has 1 N–H and O–H groups in total. The minimum absolute atomic E-state index is 0.129. The van der Waals surface area contributed by atoms with Crippen molar-refractivity contribution >= 4 is 5.91 Å². The molecule has 1 amide bonds. The third-order valence-corrected chi connectivity index (χ3v) is 3.06. The van der Waals surface area contributed by atoms with Crippen LogP contribution in [0.2, 0.25) is 0 Å². The smallest absolute Gasteiger partial charge is 0.296 e. The highest BCUT2D eigenvalue weighted by Gasteiger charge is 2.29. The van der Waals surface area contributed by atoms with Crippen molar-refractivity contribution in [2.24, 2.45) is 5.92 Å². The molecule has 2 aliphatic rings. The van der Waals surface area contributed by atoms with Crippen LogP contribution in [0.4, 0.5) is 0 Å². The van der Waals surface area contributed by atoms with E-state index in [-0.39, 0.29) is 5.91 Å². The number of nitrogens with one attached hydrogen (secondary N) is 1. The molecule has 0 radical (unpaired) electrons. The average molecular weight is 206 g/mol. The van der Waals surface area contributed by atoms with E-state index in [1.54, 1.807) is 6.92 Å². The van der Waals surface area contributed by atoms with E-state index in [9.17, 15) is 4.79 Å². The predicted octanol–water partition coefficient (Wildman–Crippen LogP) is 0.610. The van der Waals surface area contributed by atoms with Crippen LogP contribution in [-0.2, 0) is 4.79 Å². The molecule has 1 atom stereocenters. The van der Waals surface area contributed by atoms with Gasteiger partial charge < -0.3 is 10.2 Å². The van der Waals surface area contributed by atoms with Crippen LogP contribution in [0.1, 0.15) is 26.2 Å². The van der Waals surface area contributed by atoms with Crippen molar-refractivity contribution in [1.29, 1.82) is 0 Å². The number of likely N-dealkylation sites (tertiary alicyclic amines) is 1. The molecule has 2 rings (SSSR count). The topological polar surface area (TPSA) is 32.3 Å². The van der Waals surface area contributed by atoms with Crippen molar-refractivity contribution in [3.8, 4) is 11.8 Å². The molecule has 1 aliphatic carbocycles. The Bertz CT molecular complexity index is 298. The molecular formula is C12H18N2O. The third kappa shape index (κ3) is 3.24. The van der Waals surface area contributed by atoms with Gasteiger partial charge >= 0.3 is 0 Å². The highest BCUT2D eigenvalue weighted by atomic mass is 16.1. The Hall–Kier alpha value is -1.01. The van der Waals surface area contributed by atoms with E-state index in [0.717, 1.165) is 25.4 Å². The Labute approximate surface area is 91.2 Å². The molecular weight excluding hydrogens is 188 g/mol. The summed E-state index contributed by atoms with van der Waals surface area (Å²) >= 11 is 0. The molecule has 1 saturated carbocycles. The SMILES string of the molecule is CC#CC(=O)NC1CCN(CC2CC2)C1. The first-order valence-corrected chi connectivity index (χ1v) is 5.73. The minimum atomic E-state index is -0.129. The first kappa shape index (κ1) is 10.5. The summed E-state index contributed by atoms with van der Waals surface area (Å²) in [6.45, 7) is 5.05. The van der Waals surface area contributed by atoms with Gasteiger partial charge in [0.25, 0.3) is 5.91 Å². The quantitative estimate of drug-likeness (QED) is 0.686. The highest BCUT2D eigenvalue weighted by Crippen LogP contribution is 2.30. The lowest BCUT2D eigenvalue weighted by molar-refractivity contribution is -0.116. The van der Waals surface area contributed by atoms with Crippen LogP contribution < -0.4 is 5.32 Å². The number of hydrogen-bond acceptors (Lipinski definition) is 2. The Morgan fingerprint density at radius 3 is 2.93 bits per heavy atom. The molecule has 0 aromatic carbocycles. The summed E-state index contributed by atoms with van der Waals surface area (Å²) in [5.74, 6) is 5.95. The molecule has 1 saturated heterocycles. The van der Waals surface area contributed by atoms with Crippen molar-refractivity contribution < 1.29 is 4.79 Å². The molecule has 0 spiro atoms. The lowest BCUT2D eigenvalue weighted by atomic mass is 10.2. The van der Waals surface area contributed by atoms with Gasteiger partial charge in [0.2, 0.25) is 0 Å². The average Bonchev–Trinajstić information content (AvgIpc) is 2.88. The van der Waals surface area contributed by atoms with Crippen molar-refractivity contribution in [3.63, 3.8) is 0 Å². The van der Waals surface area contributed by atoms with Gasteiger partial charge in [-0.3, -0.25) is 4.79 Å². The molecule has 2 fully saturated rings. The van der Waals surface area contributed by atoms with E-state index in [0.29, 0.717) is 6.04 Å². The van der Waals surface area contributed by atoms with Gasteiger partial charge in [-0.2, -0.15) is 0 Å². The number of amides is 1. The monoisotopic (exact) mass is 206 g/mol. The summed E-state index contributed by atoms with van der Waals surface area (Å²) in [5, 5.41) is 2.95. The van der Waals surface area contributed by atoms with Gasteiger partial charge in [0, 0.05) is 25.7 Å². The van der Waals surface area contributed by atoms with Crippen LogP contribution in [0.5, 0.6) is 0 Å². The van der Waals surface area contributed by atoms with Gasteiger partial charge in [0.05, 0.1) is 0 Å². The first-order chi connectivity index (χ1) is 7.28. The van der Waals surface area contributed by atoms with Crippen molar-refractivity contribution in [3.05, 3.63) is 0 Å². The van der Waals surface area contributed by atoms with E-state index in [4.69, 9.17) is 0 Å². The van der Waals surface area contributed by atoms with Gasteiger partial charge in [0.15, 0.2) is 0 Å². The van der Waals surface area contributed by atoms with E-state index < -0.39 is 0 Å². The van der Waals surface area contributed by atoms with Crippen LogP contribution in [0, 0.1) is 17.8 Å². The summed E-state index contributed by atoms with van der Waals surface area (Å²) in [6.07, 6.45) is 3.87. The molecule has 82 valence electrons. The normalized spacial score (nSPS) is 25.8. The van der Waals surface area contributed by atoms with Crippen LogP contribution in [-0.4, -0.2) is 36.5 Å². The van der Waals surface area contributed by atoms with Gasteiger partial charge in [0.1, 0.15) is 0 Å². The fraction of sp³-hybridized carbons (Fsp3) is 0.750. The van der Waals surface area contributed by atoms with Crippen LogP contribution >= 0.6 is 0 Å². The molecule has 1 heterocycles. The molecule has 0 aromatic heterocycles. The Morgan fingerprint density at radius 2 is 2.27 bits per heavy atom.